The fourth-order valence-corrected chi connectivity index (χ4v) is 5.55. The third-order valence-electron chi connectivity index (χ3n) is 5.24. The Balaban J connectivity index is 1.30. The number of Topliss-reactive ketones (excluding diaryl/α,β-unsaturated/α-hetero) is 1. The number of carbonyl (C=O) groups excluding carboxylic acids is 2. The maximum absolute atomic E-state index is 12.3. The first-order valence-electron chi connectivity index (χ1n) is 9.80. The number of ketones is 1. The molecular formula is C23H24N2O2S2. The van der Waals surface area contributed by atoms with E-state index in [4.69, 9.17) is 0 Å². The minimum absolute atomic E-state index is 0.0373. The second kappa shape index (κ2) is 8.51. The summed E-state index contributed by atoms with van der Waals surface area (Å²) < 4.78 is 0. The fourth-order valence-electron chi connectivity index (χ4n) is 3.72. The van der Waals surface area contributed by atoms with Crippen LogP contribution in [0.15, 0.2) is 41.8 Å². The van der Waals surface area contributed by atoms with E-state index in [9.17, 15) is 9.59 Å². The summed E-state index contributed by atoms with van der Waals surface area (Å²) in [7, 11) is 0. The van der Waals surface area contributed by atoms with Crippen molar-refractivity contribution in [2.75, 3.05) is 16.8 Å². The Morgan fingerprint density at radius 3 is 2.62 bits per heavy atom. The third kappa shape index (κ3) is 4.60. The molecule has 0 spiro atoms. The smallest absolute Gasteiger partial charge is 0.224 e. The predicted molar refractivity (Wildman–Crippen MR) is 122 cm³/mol. The van der Waals surface area contributed by atoms with Crippen LogP contribution in [0.4, 0.5) is 11.4 Å². The van der Waals surface area contributed by atoms with Crippen molar-refractivity contribution in [3.63, 3.8) is 0 Å². The summed E-state index contributed by atoms with van der Waals surface area (Å²) in [5.41, 5.74) is 4.10. The van der Waals surface area contributed by atoms with E-state index in [1.54, 1.807) is 11.3 Å². The van der Waals surface area contributed by atoms with E-state index in [1.165, 1.54) is 16.1 Å². The summed E-state index contributed by atoms with van der Waals surface area (Å²) in [5.74, 6) is -0.0909. The van der Waals surface area contributed by atoms with Crippen molar-refractivity contribution in [1.29, 1.82) is 0 Å². The van der Waals surface area contributed by atoms with Crippen LogP contribution in [0.5, 0.6) is 0 Å². The first-order valence-corrected chi connectivity index (χ1v) is 11.5. The summed E-state index contributed by atoms with van der Waals surface area (Å²) >= 11 is 3.46. The zero-order chi connectivity index (χ0) is 20.4. The Morgan fingerprint density at radius 2 is 1.90 bits per heavy atom. The van der Waals surface area contributed by atoms with Crippen LogP contribution in [0, 0.1) is 13.8 Å². The third-order valence-corrected chi connectivity index (χ3v) is 7.23. The van der Waals surface area contributed by atoms with Crippen molar-refractivity contribution in [3.05, 3.63) is 67.5 Å². The SMILES string of the molecule is Cc1cc(C(=O)CCC(=O)Nc2ccc(N3CCc4sccc4C3)cc2)c(C)s1. The summed E-state index contributed by atoms with van der Waals surface area (Å²) in [6, 6.07) is 12.1. The maximum Gasteiger partial charge on any atom is 0.224 e. The van der Waals surface area contributed by atoms with Crippen LogP contribution in [0.3, 0.4) is 0 Å². The van der Waals surface area contributed by atoms with Gasteiger partial charge in [-0.1, -0.05) is 0 Å². The molecule has 29 heavy (non-hydrogen) atoms. The molecule has 1 aromatic carbocycles. The number of hydrogen-bond acceptors (Lipinski definition) is 5. The molecule has 0 saturated carbocycles. The van der Waals surface area contributed by atoms with Crippen molar-refractivity contribution >= 4 is 45.7 Å². The van der Waals surface area contributed by atoms with E-state index in [1.807, 2.05) is 43.4 Å². The molecule has 0 aliphatic carbocycles. The van der Waals surface area contributed by atoms with E-state index in [2.05, 4.69) is 33.8 Å². The molecule has 3 aromatic rings. The van der Waals surface area contributed by atoms with Gasteiger partial charge < -0.3 is 10.2 Å². The maximum atomic E-state index is 12.3. The number of fused-ring (bicyclic) bond motifs is 1. The van der Waals surface area contributed by atoms with Crippen LogP contribution in [0.1, 0.15) is 43.4 Å². The summed E-state index contributed by atoms with van der Waals surface area (Å²) in [6.45, 7) is 5.90. The summed E-state index contributed by atoms with van der Waals surface area (Å²) in [5, 5.41) is 5.07. The standard InChI is InChI=1S/C23H24N2O2S2/c1-15-13-20(16(2)29-15)21(26)7-8-23(27)24-18-3-5-19(6-4-18)25-11-9-22-17(14-25)10-12-28-22/h3-6,10,12-13H,7-9,11,14H2,1-2H3,(H,24,27). The molecule has 4 rings (SSSR count). The highest BCUT2D eigenvalue weighted by molar-refractivity contribution is 7.12. The van der Waals surface area contributed by atoms with Gasteiger partial charge in [-0.15, -0.1) is 22.7 Å². The number of benzene rings is 1. The van der Waals surface area contributed by atoms with Crippen LogP contribution in [-0.4, -0.2) is 18.2 Å². The van der Waals surface area contributed by atoms with E-state index >= 15 is 0 Å². The highest BCUT2D eigenvalue weighted by Crippen LogP contribution is 2.28. The van der Waals surface area contributed by atoms with Gasteiger partial charge in [-0.2, -0.15) is 0 Å². The second-order valence-corrected chi connectivity index (χ2v) is 9.85. The minimum atomic E-state index is -0.128. The fraction of sp³-hybridized carbons (Fsp3) is 0.304. The lowest BCUT2D eigenvalue weighted by Gasteiger charge is -2.29. The van der Waals surface area contributed by atoms with Crippen LogP contribution in [0.2, 0.25) is 0 Å². The lowest BCUT2D eigenvalue weighted by Crippen LogP contribution is -2.29. The normalized spacial score (nSPS) is 13.2. The van der Waals surface area contributed by atoms with Gasteiger partial charge in [-0.05, 0) is 67.6 Å². The largest absolute Gasteiger partial charge is 0.367 e. The first-order chi connectivity index (χ1) is 14.0. The molecule has 1 N–H and O–H groups in total. The molecule has 2 aromatic heterocycles. The van der Waals surface area contributed by atoms with Crippen LogP contribution < -0.4 is 10.2 Å². The van der Waals surface area contributed by atoms with Crippen LogP contribution >= 0.6 is 22.7 Å². The number of nitrogens with zero attached hydrogens (tertiary/aromatic N) is 1. The molecule has 3 heterocycles. The van der Waals surface area contributed by atoms with Crippen molar-refractivity contribution in [2.24, 2.45) is 0 Å². The Labute approximate surface area is 179 Å². The van der Waals surface area contributed by atoms with Gasteiger partial charge in [0, 0.05) is 57.5 Å². The van der Waals surface area contributed by atoms with Crippen molar-refractivity contribution in [3.8, 4) is 0 Å². The van der Waals surface area contributed by atoms with Gasteiger partial charge in [0.05, 0.1) is 0 Å². The predicted octanol–water partition coefficient (Wildman–Crippen LogP) is 5.59. The van der Waals surface area contributed by atoms with Gasteiger partial charge in [0.1, 0.15) is 0 Å². The van der Waals surface area contributed by atoms with Gasteiger partial charge in [0.15, 0.2) is 5.78 Å². The molecule has 1 aliphatic heterocycles. The Kier molecular flexibility index (Phi) is 5.83. The lowest BCUT2D eigenvalue weighted by atomic mass is 10.1. The number of carbonyl (C=O) groups is 2. The number of hydrogen-bond donors (Lipinski definition) is 1. The number of anilines is 2. The number of thiophene rings is 2. The molecule has 150 valence electrons. The van der Waals surface area contributed by atoms with Crippen molar-refractivity contribution in [2.45, 2.75) is 39.7 Å². The van der Waals surface area contributed by atoms with E-state index in [0.717, 1.165) is 40.5 Å². The average Bonchev–Trinajstić information content (AvgIpc) is 3.31. The van der Waals surface area contributed by atoms with Crippen molar-refractivity contribution < 1.29 is 9.59 Å². The molecular weight excluding hydrogens is 400 g/mol. The molecule has 0 bridgehead atoms. The zero-order valence-electron chi connectivity index (χ0n) is 16.7. The Hall–Kier alpha value is -2.44. The molecule has 0 fully saturated rings. The monoisotopic (exact) mass is 424 g/mol. The molecule has 4 nitrogen and oxygen atoms in total. The van der Waals surface area contributed by atoms with Gasteiger partial charge in [-0.3, -0.25) is 9.59 Å². The topological polar surface area (TPSA) is 49.4 Å². The summed E-state index contributed by atoms with van der Waals surface area (Å²) in [6.07, 6.45) is 1.52. The second-order valence-electron chi connectivity index (χ2n) is 7.39. The summed E-state index contributed by atoms with van der Waals surface area (Å²) in [4.78, 5) is 30.6. The number of amides is 1. The van der Waals surface area contributed by atoms with Gasteiger partial charge in [-0.25, -0.2) is 0 Å². The molecule has 0 unspecified atom stereocenters. The minimum Gasteiger partial charge on any atom is -0.367 e. The molecule has 1 amide bonds. The zero-order valence-corrected chi connectivity index (χ0v) is 18.3. The molecule has 1 aliphatic rings. The highest BCUT2D eigenvalue weighted by atomic mass is 32.1. The Morgan fingerprint density at radius 1 is 1.10 bits per heavy atom. The molecule has 0 radical (unpaired) electrons. The lowest BCUT2D eigenvalue weighted by molar-refractivity contribution is -0.116. The highest BCUT2D eigenvalue weighted by Gasteiger charge is 2.18. The quantitative estimate of drug-likeness (QED) is 0.525. The Bertz CT molecular complexity index is 1030. The number of aryl methyl sites for hydroxylation is 2. The molecule has 6 heteroatoms. The van der Waals surface area contributed by atoms with Crippen LogP contribution in [-0.2, 0) is 17.8 Å². The van der Waals surface area contributed by atoms with E-state index in [-0.39, 0.29) is 24.5 Å². The number of nitrogens with one attached hydrogen (secondary N) is 1. The van der Waals surface area contributed by atoms with E-state index in [0.29, 0.717) is 0 Å². The molecule has 0 atom stereocenters. The first kappa shape index (κ1) is 19.9. The molecule has 0 saturated heterocycles. The number of rotatable bonds is 6. The van der Waals surface area contributed by atoms with Crippen LogP contribution in [0.25, 0.3) is 0 Å². The van der Waals surface area contributed by atoms with E-state index < -0.39 is 0 Å². The van der Waals surface area contributed by atoms with Gasteiger partial charge in [0.25, 0.3) is 0 Å². The van der Waals surface area contributed by atoms with Gasteiger partial charge >= 0.3 is 0 Å². The van der Waals surface area contributed by atoms with Gasteiger partial charge in [0.2, 0.25) is 5.91 Å². The average molecular weight is 425 g/mol. The van der Waals surface area contributed by atoms with Crippen molar-refractivity contribution in [1.82, 2.24) is 0 Å².